The van der Waals surface area contributed by atoms with Gasteiger partial charge in [0.1, 0.15) is 17.6 Å². The van der Waals surface area contributed by atoms with Gasteiger partial charge in [0.05, 0.1) is 42.0 Å². The van der Waals surface area contributed by atoms with Gasteiger partial charge in [0.2, 0.25) is 0 Å². The molecular weight excluding hydrogens is 496 g/mol. The number of carbonyl (C=O) groups is 2. The number of aryl methyl sites for hydroxylation is 1. The molecule has 0 fully saturated rings. The third-order valence-electron chi connectivity index (χ3n) is 6.10. The van der Waals surface area contributed by atoms with Crippen LogP contribution in [0.1, 0.15) is 36.8 Å². The first-order chi connectivity index (χ1) is 19.0. The summed E-state index contributed by atoms with van der Waals surface area (Å²) >= 11 is 0. The van der Waals surface area contributed by atoms with E-state index in [0.29, 0.717) is 47.6 Å². The Morgan fingerprint density at radius 1 is 1.03 bits per heavy atom. The predicted octanol–water partition coefficient (Wildman–Crippen LogP) is 5.91. The number of hydrogen-bond donors (Lipinski definition) is 3. The number of urea groups is 1. The van der Waals surface area contributed by atoms with Crippen LogP contribution in [0.4, 0.5) is 21.9 Å². The molecule has 10 nitrogen and oxygen atoms in total. The molecule has 3 N–H and O–H groups in total. The minimum Gasteiger partial charge on any atom is -0.469 e. The second-order valence-corrected chi connectivity index (χ2v) is 8.84. The summed E-state index contributed by atoms with van der Waals surface area (Å²) in [5, 5.41) is 23.1. The lowest BCUT2D eigenvalue weighted by Crippen LogP contribution is -2.29. The predicted molar refractivity (Wildman–Crippen MR) is 148 cm³/mol. The second kappa shape index (κ2) is 13.0. The molecule has 0 aliphatic carbocycles. The zero-order valence-electron chi connectivity index (χ0n) is 21.9. The minimum atomic E-state index is -0.342. The first-order valence-corrected chi connectivity index (χ1v) is 12.6. The molecule has 0 saturated heterocycles. The topological polar surface area (TPSA) is 130 Å². The van der Waals surface area contributed by atoms with Crippen LogP contribution < -0.4 is 20.7 Å². The molecule has 0 aliphatic heterocycles. The fourth-order valence-corrected chi connectivity index (χ4v) is 4.04. The van der Waals surface area contributed by atoms with Crippen molar-refractivity contribution < 1.29 is 19.1 Å². The number of unbranched alkanes of at least 4 members (excludes halogenated alkanes) is 2. The maximum atomic E-state index is 12.5. The van der Waals surface area contributed by atoms with Crippen molar-refractivity contribution in [1.29, 1.82) is 5.26 Å². The summed E-state index contributed by atoms with van der Waals surface area (Å²) in [6, 6.07) is 18.8. The van der Waals surface area contributed by atoms with Crippen LogP contribution in [0.2, 0.25) is 0 Å². The number of fused-ring (bicyclic) bond motifs is 1. The highest BCUT2D eigenvalue weighted by Crippen LogP contribution is 2.33. The van der Waals surface area contributed by atoms with Crippen molar-refractivity contribution in [2.75, 3.05) is 24.3 Å². The van der Waals surface area contributed by atoms with E-state index in [1.165, 1.54) is 13.3 Å². The highest BCUT2D eigenvalue weighted by Gasteiger charge is 2.17. The molecule has 200 valence electrons. The van der Waals surface area contributed by atoms with Gasteiger partial charge in [-0.1, -0.05) is 24.6 Å². The molecule has 39 heavy (non-hydrogen) atoms. The number of amides is 2. The number of nitrogens with one attached hydrogen (secondary N) is 3. The second-order valence-electron chi connectivity index (χ2n) is 8.84. The number of esters is 1. The Morgan fingerprint density at radius 3 is 2.49 bits per heavy atom. The van der Waals surface area contributed by atoms with Crippen LogP contribution in [0, 0.1) is 18.3 Å². The molecule has 2 aromatic carbocycles. The number of ether oxygens (including phenoxy) is 2. The first-order valence-electron chi connectivity index (χ1n) is 12.6. The molecule has 2 amide bonds. The Kier molecular flexibility index (Phi) is 8.98. The van der Waals surface area contributed by atoms with Gasteiger partial charge in [-0.25, -0.2) is 9.31 Å². The molecule has 2 aromatic heterocycles. The number of anilines is 3. The van der Waals surface area contributed by atoms with Gasteiger partial charge in [-0.2, -0.15) is 10.4 Å². The lowest BCUT2D eigenvalue weighted by atomic mass is 10.1. The zero-order chi connectivity index (χ0) is 27.6. The van der Waals surface area contributed by atoms with E-state index in [9.17, 15) is 14.9 Å². The molecule has 0 aliphatic rings. The SMILES string of the molecule is COC(=O)CCCCCNC(=O)Nc1cn2ncc(C#N)c(Nc3ccc(Oc4ccccc4)cc3)c2c1C. The lowest BCUT2D eigenvalue weighted by Gasteiger charge is -2.12. The van der Waals surface area contributed by atoms with Crippen molar-refractivity contribution in [2.45, 2.75) is 32.6 Å². The summed E-state index contributed by atoms with van der Waals surface area (Å²) in [5.41, 5.74) is 3.74. The Hall–Kier alpha value is -5.04. The molecule has 10 heteroatoms. The fraction of sp³-hybridized carbons (Fsp3) is 0.241. The summed E-state index contributed by atoms with van der Waals surface area (Å²) in [4.78, 5) is 23.7. The molecule has 0 unspecified atom stereocenters. The van der Waals surface area contributed by atoms with Gasteiger partial charge in [0.25, 0.3) is 0 Å². The van der Waals surface area contributed by atoms with E-state index in [1.54, 1.807) is 10.7 Å². The smallest absolute Gasteiger partial charge is 0.319 e. The molecule has 4 aromatic rings. The van der Waals surface area contributed by atoms with Crippen molar-refractivity contribution >= 4 is 34.6 Å². The van der Waals surface area contributed by atoms with Crippen LogP contribution in [0.5, 0.6) is 11.5 Å². The maximum Gasteiger partial charge on any atom is 0.319 e. The van der Waals surface area contributed by atoms with Crippen LogP contribution >= 0.6 is 0 Å². The summed E-state index contributed by atoms with van der Waals surface area (Å²) in [6.07, 6.45) is 5.84. The van der Waals surface area contributed by atoms with Crippen LogP contribution in [0.25, 0.3) is 5.52 Å². The quantitative estimate of drug-likeness (QED) is 0.164. The highest BCUT2D eigenvalue weighted by atomic mass is 16.5. The molecule has 0 spiro atoms. The molecule has 4 rings (SSSR count). The van der Waals surface area contributed by atoms with Crippen molar-refractivity contribution in [1.82, 2.24) is 14.9 Å². The molecule has 0 atom stereocenters. The maximum absolute atomic E-state index is 12.5. The van der Waals surface area contributed by atoms with Gasteiger partial charge in [-0.3, -0.25) is 4.79 Å². The first kappa shape index (κ1) is 27.0. The number of nitrogens with zero attached hydrogens (tertiary/aromatic N) is 3. The van der Waals surface area contributed by atoms with Crippen molar-refractivity contribution in [2.24, 2.45) is 0 Å². The van der Waals surface area contributed by atoms with E-state index in [1.807, 2.05) is 61.5 Å². The van der Waals surface area contributed by atoms with Gasteiger partial charge >= 0.3 is 12.0 Å². The zero-order valence-corrected chi connectivity index (χ0v) is 21.9. The average molecular weight is 527 g/mol. The van der Waals surface area contributed by atoms with Crippen molar-refractivity contribution in [3.63, 3.8) is 0 Å². The van der Waals surface area contributed by atoms with E-state index in [-0.39, 0.29) is 12.0 Å². The standard InChI is InChI=1S/C29H30N6O4/c1-20-25(34-29(37)31-16-8-4-7-11-26(36)38-2)19-35-28(20)27(21(17-30)18-32-35)33-22-12-14-24(15-13-22)39-23-9-5-3-6-10-23/h3,5-6,9-10,12-15,18-19,33H,4,7-8,11,16H2,1-2H3,(H2,31,34,37). The van der Waals surface area contributed by atoms with Crippen LogP contribution in [0.15, 0.2) is 67.0 Å². The number of aromatic nitrogens is 2. The number of para-hydroxylation sites is 1. The van der Waals surface area contributed by atoms with Gasteiger partial charge in [-0.05, 0) is 56.2 Å². The molecular formula is C29H30N6O4. The number of rotatable bonds is 11. The Balaban J connectivity index is 1.43. The van der Waals surface area contributed by atoms with Crippen LogP contribution in [-0.2, 0) is 9.53 Å². The minimum absolute atomic E-state index is 0.229. The van der Waals surface area contributed by atoms with E-state index in [4.69, 9.17) is 4.74 Å². The number of methoxy groups -OCH3 is 1. The van der Waals surface area contributed by atoms with E-state index in [2.05, 4.69) is 31.9 Å². The van der Waals surface area contributed by atoms with Gasteiger partial charge in [0.15, 0.2) is 0 Å². The van der Waals surface area contributed by atoms with Crippen molar-refractivity contribution in [3.8, 4) is 17.6 Å². The Morgan fingerprint density at radius 2 is 1.77 bits per heavy atom. The molecule has 2 heterocycles. The summed E-state index contributed by atoms with van der Waals surface area (Å²) in [6.45, 7) is 2.34. The van der Waals surface area contributed by atoms with E-state index >= 15 is 0 Å². The van der Waals surface area contributed by atoms with E-state index < -0.39 is 0 Å². The van der Waals surface area contributed by atoms with Gasteiger partial charge in [-0.15, -0.1) is 0 Å². The van der Waals surface area contributed by atoms with Gasteiger partial charge < -0.3 is 25.4 Å². The Labute approximate surface area is 226 Å². The lowest BCUT2D eigenvalue weighted by molar-refractivity contribution is -0.140. The summed E-state index contributed by atoms with van der Waals surface area (Å²) in [7, 11) is 1.37. The van der Waals surface area contributed by atoms with Crippen LogP contribution in [0.3, 0.4) is 0 Å². The molecule has 0 saturated carbocycles. The molecule has 0 bridgehead atoms. The highest BCUT2D eigenvalue weighted by molar-refractivity contribution is 5.94. The summed E-state index contributed by atoms with van der Waals surface area (Å²) < 4.78 is 12.1. The third kappa shape index (κ3) is 7.05. The number of hydrogen-bond acceptors (Lipinski definition) is 7. The van der Waals surface area contributed by atoms with Crippen LogP contribution in [-0.4, -0.2) is 35.3 Å². The number of nitriles is 1. The molecule has 0 radical (unpaired) electrons. The van der Waals surface area contributed by atoms with Crippen molar-refractivity contribution in [3.05, 3.63) is 78.1 Å². The monoisotopic (exact) mass is 526 g/mol. The largest absolute Gasteiger partial charge is 0.469 e. The van der Waals surface area contributed by atoms with Gasteiger partial charge in [0, 0.05) is 24.2 Å². The third-order valence-corrected chi connectivity index (χ3v) is 6.10. The number of benzene rings is 2. The number of carbonyl (C=O) groups excluding carboxylic acids is 2. The fourth-order valence-electron chi connectivity index (χ4n) is 4.04. The normalized spacial score (nSPS) is 10.5. The Bertz CT molecular complexity index is 1480. The van der Waals surface area contributed by atoms with E-state index in [0.717, 1.165) is 29.8 Å². The average Bonchev–Trinajstić information content (AvgIpc) is 3.27. The summed E-state index contributed by atoms with van der Waals surface area (Å²) in [5.74, 6) is 1.20.